The topological polar surface area (TPSA) is 68.0 Å². The molecule has 4 nitrogen and oxygen atoms in total. The maximum atomic E-state index is 11.5. The van der Waals surface area contributed by atoms with Crippen LogP contribution >= 0.6 is 0 Å². The second-order valence-corrected chi connectivity index (χ2v) is 3.97. The zero-order chi connectivity index (χ0) is 10.7. The molecule has 1 aromatic rings. The predicted octanol–water partition coefficient (Wildman–Crippen LogP) is 0.435. The number of pyridine rings is 1. The first kappa shape index (κ1) is 10.1. The fourth-order valence-electron chi connectivity index (χ4n) is 1.70. The Labute approximate surface area is 88.9 Å². The van der Waals surface area contributed by atoms with Crippen molar-refractivity contribution in [1.82, 2.24) is 10.3 Å². The molecule has 1 aliphatic carbocycles. The van der Waals surface area contributed by atoms with Gasteiger partial charge >= 0.3 is 0 Å². The maximum absolute atomic E-state index is 11.5. The lowest BCUT2D eigenvalue weighted by Crippen LogP contribution is -2.44. The smallest absolute Gasteiger partial charge is 0.223 e. The van der Waals surface area contributed by atoms with Crippen molar-refractivity contribution < 1.29 is 4.79 Å². The van der Waals surface area contributed by atoms with Crippen molar-refractivity contribution in [2.75, 3.05) is 0 Å². The summed E-state index contributed by atoms with van der Waals surface area (Å²) in [5.74, 6) is 0.214. The summed E-state index contributed by atoms with van der Waals surface area (Å²) >= 11 is 0. The van der Waals surface area contributed by atoms with Crippen LogP contribution < -0.4 is 11.1 Å². The molecule has 2 rings (SSSR count). The van der Waals surface area contributed by atoms with Crippen LogP contribution in [0.1, 0.15) is 18.5 Å². The minimum atomic E-state index is 0.0994. The summed E-state index contributed by atoms with van der Waals surface area (Å²) in [6.45, 7) is 0.505. The van der Waals surface area contributed by atoms with Crippen LogP contribution in [0, 0.1) is 5.92 Å². The van der Waals surface area contributed by atoms with Crippen molar-refractivity contribution in [2.24, 2.45) is 11.7 Å². The number of amides is 1. The standard InChI is InChI=1S/C11H15N3O/c12-9-5-8(6-9)11(15)14-7-10-3-1-2-4-13-10/h1-4,8-9H,5-7,12H2,(H,14,15). The third-order valence-electron chi connectivity index (χ3n) is 2.72. The van der Waals surface area contributed by atoms with E-state index in [1.165, 1.54) is 0 Å². The van der Waals surface area contributed by atoms with E-state index in [1.807, 2.05) is 18.2 Å². The van der Waals surface area contributed by atoms with Crippen molar-refractivity contribution in [1.29, 1.82) is 0 Å². The van der Waals surface area contributed by atoms with Gasteiger partial charge in [-0.3, -0.25) is 9.78 Å². The molecular formula is C11H15N3O. The van der Waals surface area contributed by atoms with Crippen molar-refractivity contribution in [3.8, 4) is 0 Å². The van der Waals surface area contributed by atoms with E-state index in [-0.39, 0.29) is 17.9 Å². The molecule has 0 bridgehead atoms. The van der Waals surface area contributed by atoms with Crippen LogP contribution in [-0.2, 0) is 11.3 Å². The van der Waals surface area contributed by atoms with E-state index in [2.05, 4.69) is 10.3 Å². The normalized spacial score (nSPS) is 24.3. The molecule has 3 N–H and O–H groups in total. The fraction of sp³-hybridized carbons (Fsp3) is 0.455. The van der Waals surface area contributed by atoms with Gasteiger partial charge in [0, 0.05) is 18.2 Å². The number of aromatic nitrogens is 1. The van der Waals surface area contributed by atoms with E-state index < -0.39 is 0 Å². The molecule has 1 saturated carbocycles. The SMILES string of the molecule is NC1CC(C(=O)NCc2ccccn2)C1. The van der Waals surface area contributed by atoms with E-state index in [9.17, 15) is 4.79 Å². The van der Waals surface area contributed by atoms with Crippen LogP contribution in [0.15, 0.2) is 24.4 Å². The number of nitrogens with zero attached hydrogens (tertiary/aromatic N) is 1. The molecule has 0 unspecified atom stereocenters. The van der Waals surface area contributed by atoms with Crippen molar-refractivity contribution in [2.45, 2.75) is 25.4 Å². The van der Waals surface area contributed by atoms with Crippen LogP contribution in [-0.4, -0.2) is 16.9 Å². The van der Waals surface area contributed by atoms with Crippen LogP contribution in [0.3, 0.4) is 0 Å². The molecule has 4 heteroatoms. The Balaban J connectivity index is 1.76. The molecular weight excluding hydrogens is 190 g/mol. The first-order chi connectivity index (χ1) is 7.25. The van der Waals surface area contributed by atoms with Crippen molar-refractivity contribution in [3.63, 3.8) is 0 Å². The van der Waals surface area contributed by atoms with E-state index in [1.54, 1.807) is 6.20 Å². The van der Waals surface area contributed by atoms with Crippen LogP contribution in [0.2, 0.25) is 0 Å². The van der Waals surface area contributed by atoms with Crippen molar-refractivity contribution in [3.05, 3.63) is 30.1 Å². The third-order valence-corrected chi connectivity index (χ3v) is 2.72. The Morgan fingerprint density at radius 2 is 2.33 bits per heavy atom. The molecule has 1 aromatic heterocycles. The molecule has 0 aliphatic heterocycles. The number of rotatable bonds is 3. The molecule has 0 spiro atoms. The summed E-state index contributed by atoms with van der Waals surface area (Å²) in [4.78, 5) is 15.7. The molecule has 15 heavy (non-hydrogen) atoms. The Morgan fingerprint density at radius 1 is 1.53 bits per heavy atom. The summed E-state index contributed by atoms with van der Waals surface area (Å²) in [7, 11) is 0. The van der Waals surface area contributed by atoms with Gasteiger partial charge in [-0.1, -0.05) is 6.07 Å². The molecule has 80 valence electrons. The third kappa shape index (κ3) is 2.53. The van der Waals surface area contributed by atoms with Crippen molar-refractivity contribution >= 4 is 5.91 Å². The first-order valence-corrected chi connectivity index (χ1v) is 5.19. The highest BCUT2D eigenvalue weighted by atomic mass is 16.1. The lowest BCUT2D eigenvalue weighted by atomic mass is 9.80. The Bertz CT molecular complexity index is 333. The fourth-order valence-corrected chi connectivity index (χ4v) is 1.70. The first-order valence-electron chi connectivity index (χ1n) is 5.19. The van der Waals surface area contributed by atoms with Gasteiger partial charge in [0.1, 0.15) is 0 Å². The van der Waals surface area contributed by atoms with Gasteiger partial charge in [0.25, 0.3) is 0 Å². The summed E-state index contributed by atoms with van der Waals surface area (Å²) in [5.41, 5.74) is 6.51. The van der Waals surface area contributed by atoms with E-state index >= 15 is 0 Å². The summed E-state index contributed by atoms with van der Waals surface area (Å²) in [6.07, 6.45) is 3.35. The summed E-state index contributed by atoms with van der Waals surface area (Å²) < 4.78 is 0. The maximum Gasteiger partial charge on any atom is 0.223 e. The molecule has 0 radical (unpaired) electrons. The average molecular weight is 205 g/mol. The molecule has 1 fully saturated rings. The molecule has 1 amide bonds. The Kier molecular flexibility index (Phi) is 2.97. The average Bonchev–Trinajstić information content (AvgIpc) is 2.23. The molecule has 0 saturated heterocycles. The minimum Gasteiger partial charge on any atom is -0.350 e. The van der Waals surface area contributed by atoms with Gasteiger partial charge in [0.2, 0.25) is 5.91 Å². The van der Waals surface area contributed by atoms with Crippen LogP contribution in [0.5, 0.6) is 0 Å². The zero-order valence-electron chi connectivity index (χ0n) is 8.52. The lowest BCUT2D eigenvalue weighted by Gasteiger charge is -2.30. The number of carbonyl (C=O) groups excluding carboxylic acids is 1. The minimum absolute atomic E-state index is 0.0994. The molecule has 0 aromatic carbocycles. The molecule has 0 atom stereocenters. The summed E-state index contributed by atoms with van der Waals surface area (Å²) in [6, 6.07) is 5.88. The monoisotopic (exact) mass is 205 g/mol. The van der Waals surface area contributed by atoms with Gasteiger partial charge in [-0.05, 0) is 25.0 Å². The van der Waals surface area contributed by atoms with Crippen LogP contribution in [0.4, 0.5) is 0 Å². The number of carbonyl (C=O) groups is 1. The Hall–Kier alpha value is -1.42. The lowest BCUT2D eigenvalue weighted by molar-refractivity contribution is -0.128. The number of hydrogen-bond donors (Lipinski definition) is 2. The Morgan fingerprint density at radius 3 is 2.93 bits per heavy atom. The van der Waals surface area contributed by atoms with E-state index in [0.29, 0.717) is 6.54 Å². The van der Waals surface area contributed by atoms with Gasteiger partial charge in [0.05, 0.1) is 12.2 Å². The molecule has 1 heterocycles. The second-order valence-electron chi connectivity index (χ2n) is 3.97. The zero-order valence-corrected chi connectivity index (χ0v) is 8.52. The molecule has 1 aliphatic rings. The van der Waals surface area contributed by atoms with E-state index in [0.717, 1.165) is 18.5 Å². The van der Waals surface area contributed by atoms with Gasteiger partial charge in [0.15, 0.2) is 0 Å². The highest BCUT2D eigenvalue weighted by Gasteiger charge is 2.31. The number of hydrogen-bond acceptors (Lipinski definition) is 3. The largest absolute Gasteiger partial charge is 0.350 e. The highest BCUT2D eigenvalue weighted by Crippen LogP contribution is 2.25. The van der Waals surface area contributed by atoms with Gasteiger partial charge in [-0.25, -0.2) is 0 Å². The summed E-state index contributed by atoms with van der Waals surface area (Å²) in [5, 5.41) is 2.86. The van der Waals surface area contributed by atoms with Gasteiger partial charge in [-0.2, -0.15) is 0 Å². The van der Waals surface area contributed by atoms with E-state index in [4.69, 9.17) is 5.73 Å². The van der Waals surface area contributed by atoms with Gasteiger partial charge < -0.3 is 11.1 Å². The highest BCUT2D eigenvalue weighted by molar-refractivity contribution is 5.79. The quantitative estimate of drug-likeness (QED) is 0.752. The van der Waals surface area contributed by atoms with Gasteiger partial charge in [-0.15, -0.1) is 0 Å². The number of nitrogens with one attached hydrogen (secondary N) is 1. The second kappa shape index (κ2) is 4.40. The van der Waals surface area contributed by atoms with Crippen LogP contribution in [0.25, 0.3) is 0 Å². The number of nitrogens with two attached hydrogens (primary N) is 1. The predicted molar refractivity (Wildman–Crippen MR) is 56.8 cm³/mol.